The summed E-state index contributed by atoms with van der Waals surface area (Å²) in [4.78, 5) is 12.7. The predicted octanol–water partition coefficient (Wildman–Crippen LogP) is 2.21. The highest BCUT2D eigenvalue weighted by atomic mass is 35.5. The van der Waals surface area contributed by atoms with E-state index in [1.807, 2.05) is 0 Å². The van der Waals surface area contributed by atoms with Gasteiger partial charge in [-0.05, 0) is 12.8 Å². The Morgan fingerprint density at radius 3 is 3.07 bits per heavy atom. The molecular weight excluding hydrogens is 212 g/mol. The summed E-state index contributed by atoms with van der Waals surface area (Å²) in [5, 5.41) is 0.459. The van der Waals surface area contributed by atoms with Crippen LogP contribution in [0.1, 0.15) is 25.1 Å². The van der Waals surface area contributed by atoms with Gasteiger partial charge in [-0.1, -0.05) is 18.0 Å². The van der Waals surface area contributed by atoms with Crippen LogP contribution < -0.4 is 0 Å². The maximum Gasteiger partial charge on any atom is 0.164 e. The van der Waals surface area contributed by atoms with Gasteiger partial charge < -0.3 is 4.57 Å². The molecule has 0 bridgehead atoms. The molecule has 1 aliphatic heterocycles. The topological polar surface area (TPSA) is 43.6 Å². The fourth-order valence-corrected chi connectivity index (χ4v) is 2.28. The van der Waals surface area contributed by atoms with Crippen molar-refractivity contribution in [3.8, 4) is 0 Å². The SMILES string of the molecule is Clc1ncnc2c1nc1n2CCCCC1. The normalized spacial score (nSPS) is 16.3. The molecule has 2 aromatic rings. The van der Waals surface area contributed by atoms with Gasteiger partial charge in [0, 0.05) is 13.0 Å². The summed E-state index contributed by atoms with van der Waals surface area (Å²) in [6, 6.07) is 0. The van der Waals surface area contributed by atoms with Crippen LogP contribution in [0.15, 0.2) is 6.33 Å². The quantitative estimate of drug-likeness (QED) is 0.642. The Kier molecular flexibility index (Phi) is 2.09. The van der Waals surface area contributed by atoms with Crippen LogP contribution in [0.3, 0.4) is 0 Å². The molecule has 0 aliphatic carbocycles. The van der Waals surface area contributed by atoms with Crippen molar-refractivity contribution in [2.24, 2.45) is 0 Å². The number of fused-ring (bicyclic) bond motifs is 3. The number of halogens is 1. The molecule has 0 atom stereocenters. The summed E-state index contributed by atoms with van der Waals surface area (Å²) < 4.78 is 2.18. The second-order valence-corrected chi connectivity index (χ2v) is 4.19. The van der Waals surface area contributed by atoms with E-state index in [1.54, 1.807) is 0 Å². The zero-order valence-corrected chi connectivity index (χ0v) is 9.04. The summed E-state index contributed by atoms with van der Waals surface area (Å²) in [6.07, 6.45) is 6.19. The molecule has 3 rings (SSSR count). The molecule has 0 spiro atoms. The van der Waals surface area contributed by atoms with E-state index in [-0.39, 0.29) is 0 Å². The highest BCUT2D eigenvalue weighted by Gasteiger charge is 2.16. The number of rotatable bonds is 0. The highest BCUT2D eigenvalue weighted by Crippen LogP contribution is 2.23. The third-order valence-corrected chi connectivity index (χ3v) is 3.13. The maximum atomic E-state index is 5.99. The van der Waals surface area contributed by atoms with Gasteiger partial charge in [0.1, 0.15) is 17.7 Å². The van der Waals surface area contributed by atoms with Gasteiger partial charge in [0.15, 0.2) is 10.8 Å². The number of aromatic nitrogens is 4. The third kappa shape index (κ3) is 1.40. The largest absolute Gasteiger partial charge is 0.313 e. The first-order chi connectivity index (χ1) is 7.36. The van der Waals surface area contributed by atoms with Crippen LogP contribution in [0.5, 0.6) is 0 Å². The predicted molar refractivity (Wildman–Crippen MR) is 57.9 cm³/mol. The zero-order valence-electron chi connectivity index (χ0n) is 8.28. The zero-order chi connectivity index (χ0) is 10.3. The first-order valence-electron chi connectivity index (χ1n) is 5.22. The first-order valence-corrected chi connectivity index (χ1v) is 5.59. The molecule has 2 aromatic heterocycles. The molecule has 0 N–H and O–H groups in total. The van der Waals surface area contributed by atoms with Crippen molar-refractivity contribution in [2.75, 3.05) is 0 Å². The van der Waals surface area contributed by atoms with E-state index in [2.05, 4.69) is 19.5 Å². The molecular formula is C10H11ClN4. The number of nitrogens with zero attached hydrogens (tertiary/aromatic N) is 4. The van der Waals surface area contributed by atoms with E-state index >= 15 is 0 Å². The van der Waals surface area contributed by atoms with Crippen molar-refractivity contribution in [1.82, 2.24) is 19.5 Å². The van der Waals surface area contributed by atoms with E-state index in [0.717, 1.165) is 30.0 Å². The van der Waals surface area contributed by atoms with Crippen LogP contribution in [0.2, 0.25) is 5.15 Å². The highest BCUT2D eigenvalue weighted by molar-refractivity contribution is 6.33. The van der Waals surface area contributed by atoms with E-state index in [9.17, 15) is 0 Å². The lowest BCUT2D eigenvalue weighted by molar-refractivity contribution is 0.643. The van der Waals surface area contributed by atoms with E-state index < -0.39 is 0 Å². The standard InChI is InChI=1S/C10H11ClN4/c11-9-8-10(13-6-12-9)15-5-3-1-2-4-7(15)14-8/h6H,1-5H2. The Bertz CT molecular complexity index is 505. The Balaban J connectivity index is 2.28. The molecule has 5 heteroatoms. The van der Waals surface area contributed by atoms with Crippen LogP contribution in [0.25, 0.3) is 11.2 Å². The average molecular weight is 223 g/mol. The van der Waals surface area contributed by atoms with Gasteiger partial charge in [-0.15, -0.1) is 0 Å². The monoisotopic (exact) mass is 222 g/mol. The number of hydrogen-bond donors (Lipinski definition) is 0. The number of aryl methyl sites for hydroxylation is 2. The van der Waals surface area contributed by atoms with Crippen molar-refractivity contribution < 1.29 is 0 Å². The summed E-state index contributed by atoms with van der Waals surface area (Å²) in [6.45, 7) is 0.999. The van der Waals surface area contributed by atoms with E-state index in [1.165, 1.54) is 25.6 Å². The fourth-order valence-electron chi connectivity index (χ4n) is 2.11. The van der Waals surface area contributed by atoms with Gasteiger partial charge >= 0.3 is 0 Å². The van der Waals surface area contributed by atoms with Crippen molar-refractivity contribution in [3.63, 3.8) is 0 Å². The lowest BCUT2D eigenvalue weighted by Gasteiger charge is -2.02. The average Bonchev–Trinajstić information content (AvgIpc) is 2.45. The van der Waals surface area contributed by atoms with Gasteiger partial charge in [0.2, 0.25) is 0 Å². The molecule has 0 radical (unpaired) electrons. The molecule has 0 saturated carbocycles. The summed E-state index contributed by atoms with van der Waals surface area (Å²) >= 11 is 5.99. The van der Waals surface area contributed by atoms with Crippen molar-refractivity contribution in [1.29, 1.82) is 0 Å². The fraction of sp³-hybridized carbons (Fsp3) is 0.500. The second kappa shape index (κ2) is 3.45. The summed E-state index contributed by atoms with van der Waals surface area (Å²) in [7, 11) is 0. The minimum atomic E-state index is 0.459. The number of hydrogen-bond acceptors (Lipinski definition) is 3. The molecule has 1 aliphatic rings. The van der Waals surface area contributed by atoms with Crippen LogP contribution >= 0.6 is 11.6 Å². The minimum Gasteiger partial charge on any atom is -0.313 e. The molecule has 78 valence electrons. The molecule has 0 aromatic carbocycles. The lowest BCUT2D eigenvalue weighted by atomic mass is 10.2. The molecule has 15 heavy (non-hydrogen) atoms. The molecule has 4 nitrogen and oxygen atoms in total. The second-order valence-electron chi connectivity index (χ2n) is 3.83. The smallest absolute Gasteiger partial charge is 0.164 e. The van der Waals surface area contributed by atoms with Gasteiger partial charge in [0.05, 0.1) is 0 Å². The first kappa shape index (κ1) is 9.09. The van der Waals surface area contributed by atoms with Crippen LogP contribution in [-0.2, 0) is 13.0 Å². The molecule has 0 saturated heterocycles. The Morgan fingerprint density at radius 2 is 2.13 bits per heavy atom. The van der Waals surface area contributed by atoms with Crippen molar-refractivity contribution >= 4 is 22.8 Å². The molecule has 3 heterocycles. The summed E-state index contributed by atoms with van der Waals surface area (Å²) in [5.41, 5.74) is 1.63. The maximum absolute atomic E-state index is 5.99. The van der Waals surface area contributed by atoms with Gasteiger partial charge in [-0.2, -0.15) is 0 Å². The molecule has 0 unspecified atom stereocenters. The molecule has 0 fully saturated rings. The van der Waals surface area contributed by atoms with Gasteiger partial charge in [-0.25, -0.2) is 15.0 Å². The Morgan fingerprint density at radius 1 is 1.20 bits per heavy atom. The minimum absolute atomic E-state index is 0.459. The van der Waals surface area contributed by atoms with Crippen LogP contribution in [-0.4, -0.2) is 19.5 Å². The van der Waals surface area contributed by atoms with E-state index in [4.69, 9.17) is 11.6 Å². The molecule has 0 amide bonds. The Labute approximate surface area is 92.3 Å². The van der Waals surface area contributed by atoms with Crippen molar-refractivity contribution in [3.05, 3.63) is 17.3 Å². The lowest BCUT2D eigenvalue weighted by Crippen LogP contribution is -2.01. The van der Waals surface area contributed by atoms with Gasteiger partial charge in [-0.3, -0.25) is 0 Å². The van der Waals surface area contributed by atoms with Crippen LogP contribution in [0, 0.1) is 0 Å². The Hall–Kier alpha value is -1.16. The number of imidazole rings is 1. The third-order valence-electron chi connectivity index (χ3n) is 2.85. The summed E-state index contributed by atoms with van der Waals surface area (Å²) in [5.74, 6) is 1.10. The van der Waals surface area contributed by atoms with Crippen LogP contribution in [0.4, 0.5) is 0 Å². The van der Waals surface area contributed by atoms with Crippen molar-refractivity contribution in [2.45, 2.75) is 32.2 Å². The van der Waals surface area contributed by atoms with Gasteiger partial charge in [0.25, 0.3) is 0 Å². The van der Waals surface area contributed by atoms with E-state index in [0.29, 0.717) is 5.15 Å².